The Hall–Kier alpha value is -3.39. The summed E-state index contributed by atoms with van der Waals surface area (Å²) in [5.74, 6) is -1.23. The number of piperidine rings is 1. The minimum Gasteiger partial charge on any atom is -0.481 e. The third-order valence-corrected chi connectivity index (χ3v) is 7.43. The number of likely N-dealkylation sites (tertiary alicyclic amines) is 1. The Labute approximate surface area is 197 Å². The predicted octanol–water partition coefficient (Wildman–Crippen LogP) is 2.86. The molecular weight excluding hydrogens is 436 g/mol. The van der Waals surface area contributed by atoms with Gasteiger partial charge < -0.3 is 24.8 Å². The molecule has 2 aliphatic carbocycles. The summed E-state index contributed by atoms with van der Waals surface area (Å²) in [6.07, 6.45) is 0.212. The zero-order valence-electron chi connectivity index (χ0n) is 19.0. The number of carboxylic acids is 1. The number of ether oxygens (including phenoxy) is 2. The molecule has 3 unspecified atom stereocenters. The highest BCUT2D eigenvalue weighted by Gasteiger charge is 2.66. The first-order valence-corrected chi connectivity index (χ1v) is 11.6. The first-order valence-electron chi connectivity index (χ1n) is 11.6. The quantitative estimate of drug-likeness (QED) is 0.623. The first-order chi connectivity index (χ1) is 16.4. The van der Waals surface area contributed by atoms with Crippen LogP contribution >= 0.6 is 0 Å². The summed E-state index contributed by atoms with van der Waals surface area (Å²) < 4.78 is 10.7. The van der Waals surface area contributed by atoms with Crippen LogP contribution in [0.15, 0.2) is 48.5 Å². The molecule has 2 amide bonds. The fraction of sp³-hybridized carbons (Fsp3) is 0.423. The maximum atomic E-state index is 13.1. The van der Waals surface area contributed by atoms with Gasteiger partial charge in [0.1, 0.15) is 12.6 Å². The lowest BCUT2D eigenvalue weighted by Crippen LogP contribution is -2.49. The Balaban J connectivity index is 1.23. The molecule has 0 bridgehead atoms. The number of hydrogen-bond acceptors (Lipinski definition) is 5. The Morgan fingerprint density at radius 1 is 1.12 bits per heavy atom. The van der Waals surface area contributed by atoms with Gasteiger partial charge >= 0.3 is 12.1 Å². The van der Waals surface area contributed by atoms with Gasteiger partial charge in [0.15, 0.2) is 0 Å². The summed E-state index contributed by atoms with van der Waals surface area (Å²) in [6.45, 7) is 1.02. The van der Waals surface area contributed by atoms with E-state index in [0.29, 0.717) is 13.0 Å². The number of amides is 2. The average Bonchev–Trinajstić information content (AvgIpc) is 3.27. The third-order valence-electron chi connectivity index (χ3n) is 7.43. The molecule has 5 rings (SSSR count). The molecule has 3 aliphatic rings. The smallest absolute Gasteiger partial charge is 0.407 e. The maximum absolute atomic E-state index is 13.1. The fourth-order valence-corrected chi connectivity index (χ4v) is 5.48. The molecule has 8 heteroatoms. The van der Waals surface area contributed by atoms with Crippen molar-refractivity contribution in [2.45, 2.75) is 24.8 Å². The van der Waals surface area contributed by atoms with Crippen molar-refractivity contribution in [1.82, 2.24) is 10.2 Å². The normalized spacial score (nSPS) is 23.0. The topological polar surface area (TPSA) is 105 Å². The zero-order valence-corrected chi connectivity index (χ0v) is 19.0. The second-order valence-electron chi connectivity index (χ2n) is 9.39. The van der Waals surface area contributed by atoms with Gasteiger partial charge in [-0.1, -0.05) is 48.5 Å². The Bertz CT molecular complexity index is 1090. The van der Waals surface area contributed by atoms with Crippen LogP contribution in [0.5, 0.6) is 0 Å². The number of nitrogens with zero attached hydrogens (tertiary/aromatic N) is 1. The van der Waals surface area contributed by atoms with Gasteiger partial charge in [-0.3, -0.25) is 9.59 Å². The van der Waals surface area contributed by atoms with Crippen molar-refractivity contribution in [3.8, 4) is 11.1 Å². The van der Waals surface area contributed by atoms with Crippen molar-refractivity contribution in [3.05, 3.63) is 59.7 Å². The highest BCUT2D eigenvalue weighted by Crippen LogP contribution is 2.58. The minimum atomic E-state index is -0.856. The number of fused-ring (bicyclic) bond motifs is 4. The van der Waals surface area contributed by atoms with Gasteiger partial charge in [-0.15, -0.1) is 0 Å². The van der Waals surface area contributed by atoms with Crippen molar-refractivity contribution >= 4 is 18.0 Å². The van der Waals surface area contributed by atoms with Gasteiger partial charge in [-0.2, -0.15) is 0 Å². The predicted molar refractivity (Wildman–Crippen MR) is 123 cm³/mol. The van der Waals surface area contributed by atoms with Crippen LogP contribution in [0.2, 0.25) is 0 Å². The van der Waals surface area contributed by atoms with E-state index < -0.39 is 23.5 Å². The van der Waals surface area contributed by atoms with Crippen LogP contribution in [-0.4, -0.2) is 67.4 Å². The van der Waals surface area contributed by atoms with E-state index in [2.05, 4.69) is 17.4 Å². The third kappa shape index (κ3) is 3.81. The average molecular weight is 465 g/mol. The molecule has 2 aromatic carbocycles. The summed E-state index contributed by atoms with van der Waals surface area (Å²) in [6, 6.07) is 15.3. The lowest BCUT2D eigenvalue weighted by atomic mass is 9.98. The van der Waals surface area contributed by atoms with E-state index in [1.165, 1.54) is 7.11 Å². The number of aliphatic carboxylic acids is 1. The van der Waals surface area contributed by atoms with Crippen LogP contribution in [0.4, 0.5) is 4.79 Å². The molecule has 0 spiro atoms. The Morgan fingerprint density at radius 2 is 1.76 bits per heavy atom. The van der Waals surface area contributed by atoms with E-state index in [1.54, 1.807) is 4.90 Å². The molecule has 1 saturated heterocycles. The van der Waals surface area contributed by atoms with E-state index in [9.17, 15) is 19.5 Å². The van der Waals surface area contributed by atoms with Crippen molar-refractivity contribution in [3.63, 3.8) is 0 Å². The fourth-order valence-electron chi connectivity index (χ4n) is 5.48. The van der Waals surface area contributed by atoms with Gasteiger partial charge in [0.05, 0.1) is 5.41 Å². The number of methoxy groups -OCH3 is 1. The standard InChI is InChI=1S/C26H28N2O6/c1-33-11-10-22(23(29)28-13-16-12-26(16,15-28)24(30)31)27-25(32)34-14-21-19-8-4-2-6-17(19)18-7-3-5-9-20(18)21/h2-9,16,21-22H,10-15H2,1H3,(H,27,32)(H,30,31). The largest absolute Gasteiger partial charge is 0.481 e. The van der Waals surface area contributed by atoms with E-state index in [0.717, 1.165) is 22.3 Å². The molecule has 3 atom stereocenters. The van der Waals surface area contributed by atoms with Crippen LogP contribution < -0.4 is 5.32 Å². The number of nitrogens with one attached hydrogen (secondary N) is 1. The first kappa shape index (κ1) is 22.4. The summed E-state index contributed by atoms with van der Waals surface area (Å²) >= 11 is 0. The van der Waals surface area contributed by atoms with Crippen molar-refractivity contribution in [1.29, 1.82) is 0 Å². The Morgan fingerprint density at radius 3 is 2.35 bits per heavy atom. The number of rotatable bonds is 8. The lowest BCUT2D eigenvalue weighted by molar-refractivity contribution is -0.144. The van der Waals surface area contributed by atoms with Crippen LogP contribution in [0, 0.1) is 11.3 Å². The van der Waals surface area contributed by atoms with Gasteiger partial charge in [0.25, 0.3) is 0 Å². The number of benzene rings is 2. The van der Waals surface area contributed by atoms with Crippen LogP contribution in [0.1, 0.15) is 29.9 Å². The van der Waals surface area contributed by atoms with Gasteiger partial charge in [-0.05, 0) is 34.6 Å². The molecule has 178 valence electrons. The highest BCUT2D eigenvalue weighted by molar-refractivity contribution is 5.88. The molecule has 34 heavy (non-hydrogen) atoms. The molecule has 0 aromatic heterocycles. The second-order valence-corrected chi connectivity index (χ2v) is 9.39. The molecular formula is C26H28N2O6. The SMILES string of the molecule is COCCC(NC(=O)OCC1c2ccccc2-c2ccccc21)C(=O)N1CC2CC2(C(=O)O)C1. The number of carbonyl (C=O) groups is 3. The van der Waals surface area contributed by atoms with E-state index in [-0.39, 0.29) is 43.9 Å². The summed E-state index contributed by atoms with van der Waals surface area (Å²) in [4.78, 5) is 39.0. The number of hydrogen-bond donors (Lipinski definition) is 2. The van der Waals surface area contributed by atoms with Crippen molar-refractivity contribution < 1.29 is 29.0 Å². The zero-order chi connectivity index (χ0) is 23.9. The molecule has 2 aromatic rings. The molecule has 0 radical (unpaired) electrons. The maximum Gasteiger partial charge on any atom is 0.407 e. The second kappa shape index (κ2) is 8.76. The van der Waals surface area contributed by atoms with Crippen molar-refractivity contribution in [2.24, 2.45) is 11.3 Å². The number of alkyl carbamates (subject to hydrolysis) is 1. The molecule has 1 saturated carbocycles. The summed E-state index contributed by atoms with van der Waals surface area (Å²) in [5, 5.41) is 12.2. The van der Waals surface area contributed by atoms with E-state index in [4.69, 9.17) is 9.47 Å². The monoisotopic (exact) mass is 464 g/mol. The highest BCUT2D eigenvalue weighted by atomic mass is 16.5. The molecule has 8 nitrogen and oxygen atoms in total. The van der Waals surface area contributed by atoms with Crippen molar-refractivity contribution in [2.75, 3.05) is 33.4 Å². The molecule has 1 heterocycles. The minimum absolute atomic E-state index is 0.00789. The van der Waals surface area contributed by atoms with Gasteiger partial charge in [0, 0.05) is 39.1 Å². The van der Waals surface area contributed by atoms with Gasteiger partial charge in [-0.25, -0.2) is 4.79 Å². The number of carboxylic acid groups (broad SMARTS) is 1. The molecule has 1 aliphatic heterocycles. The Kier molecular flexibility index (Phi) is 5.77. The van der Waals surface area contributed by atoms with Crippen LogP contribution in [-0.2, 0) is 19.1 Å². The van der Waals surface area contributed by atoms with Crippen LogP contribution in [0.25, 0.3) is 11.1 Å². The van der Waals surface area contributed by atoms with Crippen LogP contribution in [0.3, 0.4) is 0 Å². The summed E-state index contributed by atoms with van der Waals surface area (Å²) in [7, 11) is 1.53. The summed E-state index contributed by atoms with van der Waals surface area (Å²) in [5.41, 5.74) is 3.68. The van der Waals surface area contributed by atoms with Gasteiger partial charge in [0.2, 0.25) is 5.91 Å². The van der Waals surface area contributed by atoms with E-state index >= 15 is 0 Å². The molecule has 2 fully saturated rings. The van der Waals surface area contributed by atoms with E-state index in [1.807, 2.05) is 36.4 Å². The number of carbonyl (C=O) groups excluding carboxylic acids is 2. The lowest BCUT2D eigenvalue weighted by Gasteiger charge is -2.26. The molecule has 2 N–H and O–H groups in total.